The quantitative estimate of drug-likeness (QED) is 0.828. The van der Waals surface area contributed by atoms with Crippen LogP contribution in [0.1, 0.15) is 31.7 Å². The van der Waals surface area contributed by atoms with Crippen molar-refractivity contribution in [1.29, 1.82) is 0 Å². The number of ether oxygens (including phenoxy) is 1. The van der Waals surface area contributed by atoms with Gasteiger partial charge in [-0.2, -0.15) is 0 Å². The molecule has 28 heavy (non-hydrogen) atoms. The molecular formula is C21H24FN3O3. The van der Waals surface area contributed by atoms with Crippen molar-refractivity contribution in [3.8, 4) is 11.6 Å². The maximum absolute atomic E-state index is 13.0. The van der Waals surface area contributed by atoms with Crippen LogP contribution in [0.5, 0.6) is 11.6 Å². The lowest BCUT2D eigenvalue weighted by Gasteiger charge is -2.31. The number of hydrogen-bond acceptors (Lipinski definition) is 4. The highest BCUT2D eigenvalue weighted by atomic mass is 19.1. The maximum Gasteiger partial charge on any atom is 0.225 e. The highest BCUT2D eigenvalue weighted by molar-refractivity contribution is 5.81. The van der Waals surface area contributed by atoms with E-state index in [1.807, 2.05) is 6.92 Å². The number of amides is 2. The Kier molecular flexibility index (Phi) is 6.57. The summed E-state index contributed by atoms with van der Waals surface area (Å²) in [5.41, 5.74) is 0.845. The Hall–Kier alpha value is -2.96. The van der Waals surface area contributed by atoms with Crippen LogP contribution in [0, 0.1) is 11.7 Å². The van der Waals surface area contributed by atoms with Gasteiger partial charge in [-0.3, -0.25) is 9.59 Å². The fourth-order valence-electron chi connectivity index (χ4n) is 3.21. The molecule has 1 fully saturated rings. The van der Waals surface area contributed by atoms with Gasteiger partial charge in [0.15, 0.2) is 0 Å². The number of nitrogens with one attached hydrogen (secondary N) is 1. The molecule has 1 saturated heterocycles. The number of nitrogens with zero attached hydrogens (tertiary/aromatic N) is 2. The number of carbonyl (C=O) groups excluding carboxylic acids is 2. The average molecular weight is 385 g/mol. The van der Waals surface area contributed by atoms with Crippen molar-refractivity contribution in [3.05, 3.63) is 54.0 Å². The highest BCUT2D eigenvalue weighted by Crippen LogP contribution is 2.21. The molecule has 1 aliphatic rings. The second-order valence-electron chi connectivity index (χ2n) is 6.81. The minimum absolute atomic E-state index is 0.0496. The average Bonchev–Trinajstić information content (AvgIpc) is 2.73. The van der Waals surface area contributed by atoms with Gasteiger partial charge in [0, 0.05) is 38.3 Å². The predicted octanol–water partition coefficient (Wildman–Crippen LogP) is 3.28. The summed E-state index contributed by atoms with van der Waals surface area (Å²) in [5.74, 6) is 0.383. The number of likely N-dealkylation sites (tertiary alicyclic amines) is 1. The summed E-state index contributed by atoms with van der Waals surface area (Å²) in [5, 5.41) is 2.93. The lowest BCUT2D eigenvalue weighted by molar-refractivity contribution is -0.135. The van der Waals surface area contributed by atoms with E-state index >= 15 is 0 Å². The first-order chi connectivity index (χ1) is 13.5. The topological polar surface area (TPSA) is 71.5 Å². The molecule has 148 valence electrons. The molecule has 0 aliphatic carbocycles. The van der Waals surface area contributed by atoms with E-state index in [4.69, 9.17) is 4.74 Å². The minimum atomic E-state index is -0.335. The molecule has 2 aromatic rings. The zero-order chi connectivity index (χ0) is 19.9. The van der Waals surface area contributed by atoms with Crippen LogP contribution in [-0.2, 0) is 16.1 Å². The van der Waals surface area contributed by atoms with E-state index < -0.39 is 0 Å². The third-order valence-corrected chi connectivity index (χ3v) is 4.75. The van der Waals surface area contributed by atoms with Gasteiger partial charge >= 0.3 is 0 Å². The van der Waals surface area contributed by atoms with Crippen molar-refractivity contribution in [2.24, 2.45) is 5.92 Å². The van der Waals surface area contributed by atoms with Crippen molar-refractivity contribution < 1.29 is 18.7 Å². The molecule has 1 atom stereocenters. The Balaban J connectivity index is 1.54. The van der Waals surface area contributed by atoms with Gasteiger partial charge < -0.3 is 15.0 Å². The number of benzene rings is 1. The molecule has 1 unspecified atom stereocenters. The fraction of sp³-hybridized carbons (Fsp3) is 0.381. The van der Waals surface area contributed by atoms with Crippen molar-refractivity contribution >= 4 is 11.8 Å². The Labute approximate surface area is 163 Å². The van der Waals surface area contributed by atoms with Crippen LogP contribution in [0.15, 0.2) is 42.6 Å². The monoisotopic (exact) mass is 385 g/mol. The number of aromatic nitrogens is 1. The molecule has 2 amide bonds. The van der Waals surface area contributed by atoms with Gasteiger partial charge in [0.25, 0.3) is 0 Å². The Bertz CT molecular complexity index is 826. The van der Waals surface area contributed by atoms with E-state index in [2.05, 4.69) is 10.3 Å². The normalized spacial score (nSPS) is 16.5. The van der Waals surface area contributed by atoms with Crippen molar-refractivity contribution in [2.75, 3.05) is 13.1 Å². The maximum atomic E-state index is 13.0. The molecule has 1 N–H and O–H groups in total. The van der Waals surface area contributed by atoms with Gasteiger partial charge in [-0.05, 0) is 48.7 Å². The molecule has 1 aromatic carbocycles. The van der Waals surface area contributed by atoms with Gasteiger partial charge in [-0.1, -0.05) is 6.92 Å². The molecular weight excluding hydrogens is 361 g/mol. The molecule has 3 rings (SSSR count). The van der Waals surface area contributed by atoms with Gasteiger partial charge in [-0.25, -0.2) is 9.37 Å². The second-order valence-corrected chi connectivity index (χ2v) is 6.81. The third kappa shape index (κ3) is 5.28. The lowest BCUT2D eigenvalue weighted by atomic mass is 9.97. The van der Waals surface area contributed by atoms with Crippen LogP contribution in [0.25, 0.3) is 0 Å². The summed E-state index contributed by atoms with van der Waals surface area (Å²) >= 11 is 0. The van der Waals surface area contributed by atoms with Crippen molar-refractivity contribution in [2.45, 2.75) is 32.7 Å². The van der Waals surface area contributed by atoms with E-state index in [-0.39, 0.29) is 23.5 Å². The second kappa shape index (κ2) is 9.30. The number of piperidine rings is 1. The van der Waals surface area contributed by atoms with E-state index in [0.717, 1.165) is 24.9 Å². The third-order valence-electron chi connectivity index (χ3n) is 4.75. The van der Waals surface area contributed by atoms with Gasteiger partial charge in [0.2, 0.25) is 17.7 Å². The molecule has 0 radical (unpaired) electrons. The zero-order valence-electron chi connectivity index (χ0n) is 15.9. The summed E-state index contributed by atoms with van der Waals surface area (Å²) in [6.45, 7) is 3.39. The number of carbonyl (C=O) groups is 2. The molecule has 2 heterocycles. The summed E-state index contributed by atoms with van der Waals surface area (Å²) < 4.78 is 18.6. The standard InChI is InChI=1S/C21H24FN3O3/c1-2-20(26)25-11-3-4-16(14-25)21(27)24-13-15-9-10-23-19(12-15)28-18-7-5-17(22)6-8-18/h5-10,12,16H,2-4,11,13-14H2,1H3,(H,24,27). The SMILES string of the molecule is CCC(=O)N1CCCC(C(=O)NCc2ccnc(Oc3ccc(F)cc3)c2)C1. The smallest absolute Gasteiger partial charge is 0.225 e. The first-order valence-electron chi connectivity index (χ1n) is 9.49. The van der Waals surface area contributed by atoms with Gasteiger partial charge in [-0.15, -0.1) is 0 Å². The zero-order valence-corrected chi connectivity index (χ0v) is 15.9. The molecule has 7 heteroatoms. The molecule has 0 spiro atoms. The Morgan fingerprint density at radius 3 is 2.82 bits per heavy atom. The molecule has 1 aliphatic heterocycles. The van der Waals surface area contributed by atoms with E-state index in [0.29, 0.717) is 31.1 Å². The molecule has 1 aromatic heterocycles. The van der Waals surface area contributed by atoms with Crippen LogP contribution in [0.3, 0.4) is 0 Å². The Morgan fingerprint density at radius 2 is 2.07 bits per heavy atom. The number of halogens is 1. The first-order valence-corrected chi connectivity index (χ1v) is 9.49. The largest absolute Gasteiger partial charge is 0.439 e. The molecule has 0 bridgehead atoms. The van der Waals surface area contributed by atoms with Crippen LogP contribution in [0.2, 0.25) is 0 Å². The lowest BCUT2D eigenvalue weighted by Crippen LogP contribution is -2.45. The van der Waals surface area contributed by atoms with E-state index in [9.17, 15) is 14.0 Å². The van der Waals surface area contributed by atoms with Crippen molar-refractivity contribution in [3.63, 3.8) is 0 Å². The summed E-state index contributed by atoms with van der Waals surface area (Å²) in [6, 6.07) is 9.21. The van der Waals surface area contributed by atoms with Crippen molar-refractivity contribution in [1.82, 2.24) is 15.2 Å². The Morgan fingerprint density at radius 1 is 1.29 bits per heavy atom. The first kappa shape index (κ1) is 19.8. The number of pyridine rings is 1. The molecule has 0 saturated carbocycles. The van der Waals surface area contributed by atoms with Crippen LogP contribution >= 0.6 is 0 Å². The predicted molar refractivity (Wildman–Crippen MR) is 102 cm³/mol. The highest BCUT2D eigenvalue weighted by Gasteiger charge is 2.27. The summed E-state index contributed by atoms with van der Waals surface area (Å²) in [4.78, 5) is 30.3. The van der Waals surface area contributed by atoms with E-state index in [1.54, 1.807) is 23.2 Å². The van der Waals surface area contributed by atoms with E-state index in [1.165, 1.54) is 24.3 Å². The van der Waals surface area contributed by atoms with Gasteiger partial charge in [0.05, 0.1) is 5.92 Å². The molecule has 6 nitrogen and oxygen atoms in total. The van der Waals surface area contributed by atoms with Crippen LogP contribution in [0.4, 0.5) is 4.39 Å². The van der Waals surface area contributed by atoms with Gasteiger partial charge in [0.1, 0.15) is 11.6 Å². The minimum Gasteiger partial charge on any atom is -0.439 e. The van der Waals surface area contributed by atoms with Crippen LogP contribution in [-0.4, -0.2) is 34.8 Å². The summed E-state index contributed by atoms with van der Waals surface area (Å²) in [6.07, 6.45) is 3.69. The van der Waals surface area contributed by atoms with Crippen LogP contribution < -0.4 is 10.1 Å². The fourth-order valence-corrected chi connectivity index (χ4v) is 3.21. The number of rotatable bonds is 6. The number of hydrogen-bond donors (Lipinski definition) is 1. The summed E-state index contributed by atoms with van der Waals surface area (Å²) in [7, 11) is 0.